The highest BCUT2D eigenvalue weighted by Crippen LogP contribution is 2.16. The lowest BCUT2D eigenvalue weighted by Gasteiger charge is -2.01. The van der Waals surface area contributed by atoms with Gasteiger partial charge in [-0.3, -0.25) is 9.78 Å². The molecule has 0 amide bonds. The maximum Gasteiger partial charge on any atom is 0.375 e. The van der Waals surface area contributed by atoms with Crippen LogP contribution in [0.4, 0.5) is 5.69 Å². The van der Waals surface area contributed by atoms with Crippen molar-refractivity contribution in [3.63, 3.8) is 0 Å². The van der Waals surface area contributed by atoms with Crippen molar-refractivity contribution in [3.8, 4) is 0 Å². The molecule has 0 aliphatic heterocycles. The van der Waals surface area contributed by atoms with Crippen LogP contribution in [0.15, 0.2) is 23.5 Å². The van der Waals surface area contributed by atoms with Gasteiger partial charge < -0.3 is 4.74 Å². The van der Waals surface area contributed by atoms with E-state index in [1.807, 2.05) is 0 Å². The zero-order valence-electron chi connectivity index (χ0n) is 8.67. The van der Waals surface area contributed by atoms with Gasteiger partial charge in [0.1, 0.15) is 5.69 Å². The van der Waals surface area contributed by atoms with E-state index in [1.54, 1.807) is 6.92 Å². The quantitative estimate of drug-likeness (QED) is 0.424. The van der Waals surface area contributed by atoms with Crippen LogP contribution in [0.25, 0.3) is 0 Å². The SMILES string of the molecule is CCOC(=O)C(=O)Cc1ncccc1N=O. The molecule has 1 aromatic heterocycles. The van der Waals surface area contributed by atoms with Crippen LogP contribution in [0.1, 0.15) is 12.6 Å². The van der Waals surface area contributed by atoms with Crippen molar-refractivity contribution in [2.24, 2.45) is 5.18 Å². The summed E-state index contributed by atoms with van der Waals surface area (Å²) in [6.45, 7) is 1.73. The summed E-state index contributed by atoms with van der Waals surface area (Å²) < 4.78 is 4.52. The number of rotatable bonds is 5. The van der Waals surface area contributed by atoms with Crippen LogP contribution in [0, 0.1) is 4.91 Å². The van der Waals surface area contributed by atoms with Crippen molar-refractivity contribution >= 4 is 17.4 Å². The van der Waals surface area contributed by atoms with Gasteiger partial charge in [-0.2, -0.15) is 0 Å². The molecule has 84 valence electrons. The van der Waals surface area contributed by atoms with Crippen LogP contribution in [0.5, 0.6) is 0 Å². The smallest absolute Gasteiger partial charge is 0.375 e. The molecule has 0 aliphatic carbocycles. The molecule has 0 N–H and O–H groups in total. The Kier molecular flexibility index (Phi) is 4.26. The molecule has 0 radical (unpaired) electrons. The highest BCUT2D eigenvalue weighted by molar-refractivity contribution is 6.34. The second kappa shape index (κ2) is 5.69. The largest absolute Gasteiger partial charge is 0.460 e. The van der Waals surface area contributed by atoms with Gasteiger partial charge in [-0.05, 0) is 24.2 Å². The summed E-state index contributed by atoms with van der Waals surface area (Å²) in [6.07, 6.45) is 1.14. The number of hydrogen-bond acceptors (Lipinski definition) is 6. The average Bonchev–Trinajstić information content (AvgIpc) is 2.30. The van der Waals surface area contributed by atoms with E-state index >= 15 is 0 Å². The molecule has 0 bridgehead atoms. The molecule has 0 fully saturated rings. The zero-order chi connectivity index (χ0) is 12.0. The van der Waals surface area contributed by atoms with Crippen molar-refractivity contribution in [3.05, 3.63) is 28.9 Å². The lowest BCUT2D eigenvalue weighted by Crippen LogP contribution is -2.19. The number of hydrogen-bond donors (Lipinski definition) is 0. The number of pyridine rings is 1. The van der Waals surface area contributed by atoms with Gasteiger partial charge in [-0.25, -0.2) is 4.79 Å². The molecule has 6 nitrogen and oxygen atoms in total. The highest BCUT2D eigenvalue weighted by atomic mass is 16.5. The molecule has 0 saturated heterocycles. The molecular weight excluding hydrogens is 212 g/mol. The number of nitrogens with zero attached hydrogens (tertiary/aromatic N) is 2. The van der Waals surface area contributed by atoms with E-state index in [-0.39, 0.29) is 24.4 Å². The molecule has 1 heterocycles. The van der Waals surface area contributed by atoms with Gasteiger partial charge in [-0.1, -0.05) is 0 Å². The van der Waals surface area contributed by atoms with Gasteiger partial charge in [0.25, 0.3) is 0 Å². The first kappa shape index (κ1) is 12.0. The normalized spacial score (nSPS) is 9.56. The predicted molar refractivity (Wildman–Crippen MR) is 55.0 cm³/mol. The molecule has 0 atom stereocenters. The van der Waals surface area contributed by atoms with Gasteiger partial charge in [0.15, 0.2) is 0 Å². The summed E-state index contributed by atoms with van der Waals surface area (Å²) >= 11 is 0. The molecule has 0 unspecified atom stereocenters. The second-order valence-corrected chi connectivity index (χ2v) is 2.88. The molecule has 0 aromatic carbocycles. The Bertz CT molecular complexity index is 417. The summed E-state index contributed by atoms with van der Waals surface area (Å²) in [4.78, 5) is 36.5. The first-order valence-electron chi connectivity index (χ1n) is 4.66. The lowest BCUT2D eigenvalue weighted by molar-refractivity contribution is -0.153. The van der Waals surface area contributed by atoms with Crippen LogP contribution in [0.2, 0.25) is 0 Å². The zero-order valence-corrected chi connectivity index (χ0v) is 8.67. The van der Waals surface area contributed by atoms with Crippen LogP contribution in [-0.2, 0) is 20.7 Å². The standard InChI is InChI=1S/C10H10N2O4/c1-2-16-10(14)9(13)6-8-7(12-15)4-3-5-11-8/h3-5H,2,6H2,1H3. The lowest BCUT2D eigenvalue weighted by atomic mass is 10.2. The van der Waals surface area contributed by atoms with Gasteiger partial charge >= 0.3 is 5.97 Å². The summed E-state index contributed by atoms with van der Waals surface area (Å²) in [7, 11) is 0. The highest BCUT2D eigenvalue weighted by Gasteiger charge is 2.18. The Morgan fingerprint density at radius 1 is 1.50 bits per heavy atom. The van der Waals surface area contributed by atoms with Crippen molar-refractivity contribution in [1.82, 2.24) is 4.98 Å². The van der Waals surface area contributed by atoms with E-state index in [9.17, 15) is 14.5 Å². The molecule has 0 aliphatic rings. The summed E-state index contributed by atoms with van der Waals surface area (Å²) in [5.41, 5.74) is 0.232. The molecule has 16 heavy (non-hydrogen) atoms. The minimum absolute atomic E-state index is 0.0557. The second-order valence-electron chi connectivity index (χ2n) is 2.88. The third-order valence-electron chi connectivity index (χ3n) is 1.80. The molecule has 0 saturated carbocycles. The summed E-state index contributed by atoms with van der Waals surface area (Å²) in [5.74, 6) is -1.67. The molecule has 1 aromatic rings. The fraction of sp³-hybridized carbons (Fsp3) is 0.300. The number of ketones is 1. The summed E-state index contributed by atoms with van der Waals surface area (Å²) in [6, 6.07) is 2.95. The molecular formula is C10H10N2O4. The number of carbonyl (C=O) groups is 2. The van der Waals surface area contributed by atoms with Crippen LogP contribution in [0.3, 0.4) is 0 Å². The average molecular weight is 222 g/mol. The van der Waals surface area contributed by atoms with Crippen molar-refractivity contribution < 1.29 is 14.3 Å². The maximum atomic E-state index is 11.3. The Hall–Kier alpha value is -2.11. The van der Waals surface area contributed by atoms with Gasteiger partial charge in [-0.15, -0.1) is 4.91 Å². The number of esters is 1. The first-order valence-corrected chi connectivity index (χ1v) is 4.66. The van der Waals surface area contributed by atoms with E-state index < -0.39 is 11.8 Å². The molecule has 6 heteroatoms. The minimum Gasteiger partial charge on any atom is -0.460 e. The predicted octanol–water partition coefficient (Wildman–Crippen LogP) is 1.15. The Morgan fingerprint density at radius 2 is 2.25 bits per heavy atom. The topological polar surface area (TPSA) is 85.7 Å². The van der Waals surface area contributed by atoms with Crippen molar-refractivity contribution in [2.75, 3.05) is 6.61 Å². The van der Waals surface area contributed by atoms with E-state index in [0.29, 0.717) is 0 Å². The Labute approximate surface area is 91.6 Å². The van der Waals surface area contributed by atoms with Crippen LogP contribution < -0.4 is 0 Å². The van der Waals surface area contributed by atoms with Gasteiger partial charge in [0, 0.05) is 6.20 Å². The van der Waals surface area contributed by atoms with E-state index in [0.717, 1.165) is 0 Å². The summed E-state index contributed by atoms with van der Waals surface area (Å²) in [5, 5.41) is 2.71. The number of nitroso groups, excluding NO2 is 1. The molecule has 0 spiro atoms. The van der Waals surface area contributed by atoms with Crippen molar-refractivity contribution in [1.29, 1.82) is 0 Å². The molecule has 1 rings (SSSR count). The monoisotopic (exact) mass is 222 g/mol. The number of aromatic nitrogens is 1. The minimum atomic E-state index is -0.926. The van der Waals surface area contributed by atoms with Crippen LogP contribution >= 0.6 is 0 Å². The number of carbonyl (C=O) groups excluding carboxylic acids is 2. The third-order valence-corrected chi connectivity index (χ3v) is 1.80. The number of Topliss-reactive ketones (excluding diaryl/α,β-unsaturated/α-hetero) is 1. The maximum absolute atomic E-state index is 11.3. The van der Waals surface area contributed by atoms with E-state index in [4.69, 9.17) is 0 Å². The Balaban J connectivity index is 2.76. The van der Waals surface area contributed by atoms with E-state index in [2.05, 4.69) is 14.9 Å². The fourth-order valence-corrected chi connectivity index (χ4v) is 1.08. The third kappa shape index (κ3) is 2.94. The van der Waals surface area contributed by atoms with Gasteiger partial charge in [0.2, 0.25) is 5.78 Å². The first-order chi connectivity index (χ1) is 7.69. The van der Waals surface area contributed by atoms with Crippen LogP contribution in [-0.4, -0.2) is 23.3 Å². The number of ether oxygens (including phenoxy) is 1. The van der Waals surface area contributed by atoms with Gasteiger partial charge in [0.05, 0.1) is 18.7 Å². The Morgan fingerprint density at radius 3 is 2.88 bits per heavy atom. The van der Waals surface area contributed by atoms with Crippen molar-refractivity contribution in [2.45, 2.75) is 13.3 Å². The van der Waals surface area contributed by atoms with E-state index in [1.165, 1.54) is 18.3 Å². The fourth-order valence-electron chi connectivity index (χ4n) is 1.08.